The summed E-state index contributed by atoms with van der Waals surface area (Å²) in [4.78, 5) is 6.75. The number of fused-ring (bicyclic) bond motifs is 1. The summed E-state index contributed by atoms with van der Waals surface area (Å²) in [5, 5.41) is 22.0. The molecule has 0 radical (unpaired) electrons. The Kier molecular flexibility index (Phi) is 8.18. The first-order valence-electron chi connectivity index (χ1n) is 12.1. The first kappa shape index (κ1) is 24.2. The summed E-state index contributed by atoms with van der Waals surface area (Å²) in [6, 6.07) is 15.9. The molecule has 2 aromatic carbocycles. The smallest absolute Gasteiger partial charge is 0.119 e. The third-order valence-electron chi connectivity index (χ3n) is 6.92. The standard InChI is InChI=1S/C29H34N2O3/c1-21-5-3-6-22(17-21)7-4-15-31-16-13-23(24(19-31)20-32)8-11-29(33)26-12-14-30-28-10-9-25(34-2)18-27(26)28/h3,5-6,9-10,12,14,17-18,23-24,29,32-33H,8,11,13,15-16,19-20H2,1-2H3/t23-,24-,29-/m1/s1. The Morgan fingerprint density at radius 1 is 1.18 bits per heavy atom. The van der Waals surface area contributed by atoms with Crippen molar-refractivity contribution in [3.05, 3.63) is 71.4 Å². The van der Waals surface area contributed by atoms with E-state index >= 15 is 0 Å². The predicted octanol–water partition coefficient (Wildman–Crippen LogP) is 4.35. The zero-order valence-electron chi connectivity index (χ0n) is 20.1. The van der Waals surface area contributed by atoms with E-state index in [1.807, 2.05) is 36.4 Å². The Morgan fingerprint density at radius 2 is 2.06 bits per heavy atom. The number of ether oxygens (including phenoxy) is 1. The summed E-state index contributed by atoms with van der Waals surface area (Å²) in [6.07, 6.45) is 3.72. The molecule has 3 atom stereocenters. The monoisotopic (exact) mass is 458 g/mol. The van der Waals surface area contributed by atoms with Crippen molar-refractivity contribution in [1.82, 2.24) is 9.88 Å². The maximum Gasteiger partial charge on any atom is 0.119 e. The second-order valence-electron chi connectivity index (χ2n) is 9.27. The lowest BCUT2D eigenvalue weighted by Crippen LogP contribution is -2.42. The minimum atomic E-state index is -0.574. The average molecular weight is 459 g/mol. The number of pyridine rings is 1. The Hall–Kier alpha value is -2.91. The van der Waals surface area contributed by atoms with E-state index in [0.717, 1.165) is 53.7 Å². The van der Waals surface area contributed by atoms with E-state index in [4.69, 9.17) is 4.74 Å². The SMILES string of the molecule is COc1ccc2nccc([C@H](O)CC[C@@H]3CCN(CC#Cc4cccc(C)c4)C[C@@H]3CO)c2c1. The van der Waals surface area contributed by atoms with Gasteiger partial charge in [-0.2, -0.15) is 0 Å². The number of hydrogen-bond donors (Lipinski definition) is 2. The second-order valence-corrected chi connectivity index (χ2v) is 9.27. The molecular weight excluding hydrogens is 424 g/mol. The fraction of sp³-hybridized carbons (Fsp3) is 0.414. The van der Waals surface area contributed by atoms with Crippen LogP contribution in [0.3, 0.4) is 0 Å². The van der Waals surface area contributed by atoms with Crippen molar-refractivity contribution in [2.24, 2.45) is 11.8 Å². The van der Waals surface area contributed by atoms with Crippen LogP contribution in [0.15, 0.2) is 54.7 Å². The molecule has 0 aliphatic carbocycles. The molecule has 1 fully saturated rings. The minimum Gasteiger partial charge on any atom is -0.497 e. The number of piperidine rings is 1. The third-order valence-corrected chi connectivity index (χ3v) is 6.92. The fourth-order valence-electron chi connectivity index (χ4n) is 4.95. The summed E-state index contributed by atoms with van der Waals surface area (Å²) >= 11 is 0. The molecule has 5 heteroatoms. The molecule has 4 rings (SSSR count). The molecule has 1 aliphatic rings. The van der Waals surface area contributed by atoms with Crippen LogP contribution < -0.4 is 4.74 Å². The molecule has 0 spiro atoms. The molecule has 2 N–H and O–H groups in total. The van der Waals surface area contributed by atoms with Gasteiger partial charge in [-0.25, -0.2) is 0 Å². The van der Waals surface area contributed by atoms with Crippen molar-refractivity contribution in [1.29, 1.82) is 0 Å². The number of rotatable bonds is 7. The van der Waals surface area contributed by atoms with Gasteiger partial charge in [-0.05, 0) is 92.1 Å². The molecule has 3 aromatic rings. The van der Waals surface area contributed by atoms with E-state index in [1.165, 1.54) is 5.56 Å². The number of likely N-dealkylation sites (tertiary alicyclic amines) is 1. The van der Waals surface area contributed by atoms with Gasteiger partial charge in [0.25, 0.3) is 0 Å². The van der Waals surface area contributed by atoms with Crippen LogP contribution in [0.5, 0.6) is 5.75 Å². The van der Waals surface area contributed by atoms with Crippen LogP contribution in [0.1, 0.15) is 42.1 Å². The largest absolute Gasteiger partial charge is 0.497 e. The summed E-state index contributed by atoms with van der Waals surface area (Å²) in [5.41, 5.74) is 4.00. The lowest BCUT2D eigenvalue weighted by molar-refractivity contribution is 0.0640. The summed E-state index contributed by atoms with van der Waals surface area (Å²) in [5.74, 6) is 7.90. The van der Waals surface area contributed by atoms with E-state index in [0.29, 0.717) is 18.9 Å². The van der Waals surface area contributed by atoms with Gasteiger partial charge in [-0.15, -0.1) is 0 Å². The average Bonchev–Trinajstić information content (AvgIpc) is 2.87. The second kappa shape index (κ2) is 11.5. The fourth-order valence-corrected chi connectivity index (χ4v) is 4.95. The normalized spacial score (nSPS) is 19.4. The van der Waals surface area contributed by atoms with E-state index in [-0.39, 0.29) is 12.5 Å². The molecular formula is C29H34N2O3. The van der Waals surface area contributed by atoms with Crippen LogP contribution in [0, 0.1) is 30.6 Å². The van der Waals surface area contributed by atoms with E-state index in [1.54, 1.807) is 13.3 Å². The molecule has 0 unspecified atom stereocenters. The maximum absolute atomic E-state index is 11.0. The van der Waals surface area contributed by atoms with Gasteiger partial charge in [0.1, 0.15) is 5.75 Å². The van der Waals surface area contributed by atoms with Gasteiger partial charge < -0.3 is 14.9 Å². The molecule has 5 nitrogen and oxygen atoms in total. The molecule has 1 aliphatic heterocycles. The van der Waals surface area contributed by atoms with Gasteiger partial charge in [-0.3, -0.25) is 9.88 Å². The van der Waals surface area contributed by atoms with Gasteiger partial charge in [0.15, 0.2) is 0 Å². The number of aliphatic hydroxyl groups is 2. The van der Waals surface area contributed by atoms with Crippen molar-refractivity contribution >= 4 is 10.9 Å². The van der Waals surface area contributed by atoms with Gasteiger partial charge in [0.05, 0.1) is 25.3 Å². The maximum atomic E-state index is 11.0. The Labute approximate surface area is 202 Å². The van der Waals surface area contributed by atoms with Crippen molar-refractivity contribution in [3.63, 3.8) is 0 Å². The quantitative estimate of drug-likeness (QED) is 0.516. The highest BCUT2D eigenvalue weighted by molar-refractivity contribution is 5.83. The topological polar surface area (TPSA) is 65.8 Å². The van der Waals surface area contributed by atoms with Crippen LogP contribution in [0.4, 0.5) is 0 Å². The molecule has 0 saturated carbocycles. The number of benzene rings is 2. The highest BCUT2D eigenvalue weighted by Crippen LogP contribution is 2.33. The van der Waals surface area contributed by atoms with Crippen LogP contribution in [0.25, 0.3) is 10.9 Å². The van der Waals surface area contributed by atoms with Gasteiger partial charge in [0.2, 0.25) is 0 Å². The Bertz CT molecular complexity index is 1170. The Balaban J connectivity index is 1.34. The van der Waals surface area contributed by atoms with Crippen LogP contribution >= 0.6 is 0 Å². The zero-order valence-corrected chi connectivity index (χ0v) is 20.1. The molecule has 178 valence electrons. The molecule has 0 bridgehead atoms. The summed E-state index contributed by atoms with van der Waals surface area (Å²) in [6.45, 7) is 4.76. The summed E-state index contributed by atoms with van der Waals surface area (Å²) in [7, 11) is 1.64. The van der Waals surface area contributed by atoms with E-state index in [9.17, 15) is 10.2 Å². The number of aromatic nitrogens is 1. The van der Waals surface area contributed by atoms with E-state index in [2.05, 4.69) is 40.8 Å². The summed E-state index contributed by atoms with van der Waals surface area (Å²) < 4.78 is 5.36. The lowest BCUT2D eigenvalue weighted by atomic mass is 9.81. The molecule has 1 saturated heterocycles. The number of aryl methyl sites for hydroxylation is 1. The lowest BCUT2D eigenvalue weighted by Gasteiger charge is -2.37. The third kappa shape index (κ3) is 5.95. The Morgan fingerprint density at radius 3 is 2.85 bits per heavy atom. The molecule has 2 heterocycles. The van der Waals surface area contributed by atoms with Crippen molar-refractivity contribution < 1.29 is 14.9 Å². The van der Waals surface area contributed by atoms with E-state index < -0.39 is 6.10 Å². The van der Waals surface area contributed by atoms with Gasteiger partial charge in [-0.1, -0.05) is 24.0 Å². The highest BCUT2D eigenvalue weighted by atomic mass is 16.5. The van der Waals surface area contributed by atoms with Gasteiger partial charge in [0, 0.05) is 30.3 Å². The van der Waals surface area contributed by atoms with Crippen molar-refractivity contribution in [2.75, 3.05) is 33.4 Å². The molecule has 34 heavy (non-hydrogen) atoms. The first-order valence-corrected chi connectivity index (χ1v) is 12.1. The zero-order chi connectivity index (χ0) is 23.9. The predicted molar refractivity (Wildman–Crippen MR) is 136 cm³/mol. The number of aliphatic hydroxyl groups excluding tert-OH is 2. The molecule has 1 aromatic heterocycles. The number of nitrogens with zero attached hydrogens (tertiary/aromatic N) is 2. The molecule has 0 amide bonds. The number of methoxy groups -OCH3 is 1. The highest BCUT2D eigenvalue weighted by Gasteiger charge is 2.29. The number of hydrogen-bond acceptors (Lipinski definition) is 5. The van der Waals surface area contributed by atoms with Crippen molar-refractivity contribution in [2.45, 2.75) is 32.3 Å². The van der Waals surface area contributed by atoms with Crippen LogP contribution in [-0.4, -0.2) is 53.4 Å². The first-order chi connectivity index (χ1) is 16.6. The van der Waals surface area contributed by atoms with Crippen LogP contribution in [0.2, 0.25) is 0 Å². The minimum absolute atomic E-state index is 0.165. The van der Waals surface area contributed by atoms with Crippen LogP contribution in [-0.2, 0) is 0 Å². The van der Waals surface area contributed by atoms with Gasteiger partial charge >= 0.3 is 0 Å². The van der Waals surface area contributed by atoms with Crippen molar-refractivity contribution in [3.8, 4) is 17.6 Å².